The van der Waals surface area contributed by atoms with E-state index in [2.05, 4.69) is 25.9 Å². The molecule has 2 aliphatic rings. The number of aromatic nitrogens is 2. The Balaban J connectivity index is 1.21. The molecule has 1 aromatic heterocycles. The van der Waals surface area contributed by atoms with Crippen molar-refractivity contribution in [3.63, 3.8) is 0 Å². The van der Waals surface area contributed by atoms with Gasteiger partial charge in [0.15, 0.2) is 5.60 Å². The second-order valence-corrected chi connectivity index (χ2v) is 10.5. The van der Waals surface area contributed by atoms with Crippen LogP contribution in [0.25, 0.3) is 0 Å². The number of halogens is 1. The van der Waals surface area contributed by atoms with E-state index in [9.17, 15) is 14.4 Å². The molecule has 3 heterocycles. The van der Waals surface area contributed by atoms with Crippen LogP contribution in [0.3, 0.4) is 0 Å². The van der Waals surface area contributed by atoms with Gasteiger partial charge >= 0.3 is 6.09 Å². The lowest BCUT2D eigenvalue weighted by atomic mass is 9.90. The van der Waals surface area contributed by atoms with Crippen molar-refractivity contribution >= 4 is 46.8 Å². The molecule has 208 valence electrons. The molecule has 10 nitrogen and oxygen atoms in total. The van der Waals surface area contributed by atoms with Crippen LogP contribution in [0.5, 0.6) is 0 Å². The highest BCUT2D eigenvalue weighted by molar-refractivity contribution is 6.30. The van der Waals surface area contributed by atoms with Crippen LogP contribution < -0.4 is 16.0 Å². The Morgan fingerprint density at radius 3 is 2.66 bits per heavy atom. The number of nitrogens with zero attached hydrogens (tertiary/aromatic N) is 2. The molecule has 1 unspecified atom stereocenters. The van der Waals surface area contributed by atoms with Crippen molar-refractivity contribution in [2.45, 2.75) is 24.5 Å². The third-order valence-electron chi connectivity index (χ3n) is 7.33. The standard InChI is InChI=1S/C30H27ClN6O4/c31-21-8-11-24-23(17-21)30(41-29(40)36-24)12-15-37(18-30)27(39)25(16-19-4-2-1-3-5-19)35-26(38)20-6-9-22(10-7-20)34-28-32-13-14-33-28/h1-11,13-14,17,25H,12,15-16,18H2,(H,35,38)(H,36,40)(H2,32,33,34)/t25-,30?/m0/s1. The van der Waals surface area contributed by atoms with Crippen molar-refractivity contribution < 1.29 is 19.1 Å². The molecule has 2 aliphatic heterocycles. The number of rotatable bonds is 7. The smallest absolute Gasteiger partial charge is 0.412 e. The number of ether oxygens (including phenoxy) is 1. The van der Waals surface area contributed by atoms with Gasteiger partial charge < -0.3 is 25.3 Å². The molecular weight excluding hydrogens is 544 g/mol. The summed E-state index contributed by atoms with van der Waals surface area (Å²) >= 11 is 6.27. The average Bonchev–Trinajstić information content (AvgIpc) is 3.64. The van der Waals surface area contributed by atoms with Gasteiger partial charge in [0, 0.05) is 53.6 Å². The Kier molecular flexibility index (Phi) is 7.07. The van der Waals surface area contributed by atoms with Gasteiger partial charge in [-0.25, -0.2) is 9.78 Å². The molecule has 1 saturated heterocycles. The maximum atomic E-state index is 13.9. The normalized spacial score (nSPS) is 18.3. The summed E-state index contributed by atoms with van der Waals surface area (Å²) in [5.74, 6) is -0.0417. The fourth-order valence-electron chi connectivity index (χ4n) is 5.33. The second-order valence-electron chi connectivity index (χ2n) is 10.1. The monoisotopic (exact) mass is 570 g/mol. The van der Waals surface area contributed by atoms with E-state index in [-0.39, 0.29) is 18.4 Å². The zero-order valence-corrected chi connectivity index (χ0v) is 22.6. The maximum absolute atomic E-state index is 13.9. The maximum Gasteiger partial charge on any atom is 0.412 e. The molecule has 0 bridgehead atoms. The minimum absolute atomic E-state index is 0.154. The third kappa shape index (κ3) is 5.59. The Hall–Kier alpha value is -4.83. The first-order chi connectivity index (χ1) is 19.9. The van der Waals surface area contributed by atoms with E-state index < -0.39 is 17.7 Å². The van der Waals surface area contributed by atoms with Crippen molar-refractivity contribution in [2.75, 3.05) is 23.7 Å². The topological polar surface area (TPSA) is 128 Å². The van der Waals surface area contributed by atoms with Gasteiger partial charge in [-0.1, -0.05) is 41.9 Å². The number of hydrogen-bond donors (Lipinski definition) is 4. The van der Waals surface area contributed by atoms with Gasteiger partial charge in [0.2, 0.25) is 11.9 Å². The Bertz CT molecular complexity index is 1580. The van der Waals surface area contributed by atoms with E-state index in [4.69, 9.17) is 16.3 Å². The van der Waals surface area contributed by atoms with Gasteiger partial charge in [0.1, 0.15) is 6.04 Å². The van der Waals surface area contributed by atoms with Crippen molar-refractivity contribution in [1.29, 1.82) is 0 Å². The molecule has 41 heavy (non-hydrogen) atoms. The van der Waals surface area contributed by atoms with Crippen LogP contribution in [-0.4, -0.2) is 51.9 Å². The number of anilines is 3. The summed E-state index contributed by atoms with van der Waals surface area (Å²) in [6, 6.07) is 20.8. The van der Waals surface area contributed by atoms with Crippen molar-refractivity contribution in [2.24, 2.45) is 0 Å². The number of benzene rings is 3. The number of aromatic amines is 1. The van der Waals surface area contributed by atoms with Crippen molar-refractivity contribution in [3.05, 3.63) is 107 Å². The first kappa shape index (κ1) is 26.4. The fraction of sp³-hybridized carbons (Fsp3) is 0.200. The number of hydrogen-bond acceptors (Lipinski definition) is 6. The summed E-state index contributed by atoms with van der Waals surface area (Å²) in [4.78, 5) is 48.4. The zero-order valence-electron chi connectivity index (χ0n) is 21.9. The average molecular weight is 571 g/mol. The summed E-state index contributed by atoms with van der Waals surface area (Å²) in [5.41, 5.74) is 2.40. The van der Waals surface area contributed by atoms with Gasteiger partial charge in [-0.15, -0.1) is 0 Å². The van der Waals surface area contributed by atoms with E-state index in [1.807, 2.05) is 30.3 Å². The number of amides is 3. The van der Waals surface area contributed by atoms with Crippen molar-refractivity contribution in [1.82, 2.24) is 20.2 Å². The summed E-state index contributed by atoms with van der Waals surface area (Å²) in [6.45, 7) is 0.507. The number of carbonyl (C=O) groups excluding carboxylic acids is 3. The lowest BCUT2D eigenvalue weighted by Crippen LogP contribution is -2.50. The molecule has 1 spiro atoms. The molecule has 4 N–H and O–H groups in total. The molecule has 0 radical (unpaired) electrons. The minimum atomic E-state index is -1.02. The van der Waals surface area contributed by atoms with Crippen molar-refractivity contribution in [3.8, 4) is 0 Å². The lowest BCUT2D eigenvalue weighted by Gasteiger charge is -2.35. The predicted octanol–water partition coefficient (Wildman–Crippen LogP) is 4.84. The highest BCUT2D eigenvalue weighted by atomic mass is 35.5. The quantitative estimate of drug-likeness (QED) is 0.252. The van der Waals surface area contributed by atoms with Gasteiger partial charge in [0.25, 0.3) is 5.91 Å². The fourth-order valence-corrected chi connectivity index (χ4v) is 5.50. The molecule has 3 aromatic carbocycles. The Labute approximate surface area is 241 Å². The molecule has 6 rings (SSSR count). The van der Waals surface area contributed by atoms with Gasteiger partial charge in [0.05, 0.1) is 12.2 Å². The van der Waals surface area contributed by atoms with Gasteiger partial charge in [-0.3, -0.25) is 14.9 Å². The predicted molar refractivity (Wildman–Crippen MR) is 154 cm³/mol. The molecular formula is C30H27ClN6O4. The summed E-state index contributed by atoms with van der Waals surface area (Å²) in [7, 11) is 0. The lowest BCUT2D eigenvalue weighted by molar-refractivity contribution is -0.133. The van der Waals surface area contributed by atoms with E-state index >= 15 is 0 Å². The van der Waals surface area contributed by atoms with E-state index in [1.165, 1.54) is 0 Å². The number of imidazole rings is 1. The molecule has 1 fully saturated rings. The Morgan fingerprint density at radius 1 is 1.10 bits per heavy atom. The molecule has 0 saturated carbocycles. The highest BCUT2D eigenvalue weighted by Crippen LogP contribution is 2.43. The zero-order chi connectivity index (χ0) is 28.4. The van der Waals surface area contributed by atoms with Crippen LogP contribution in [0.4, 0.5) is 22.1 Å². The number of nitrogens with one attached hydrogen (secondary N) is 4. The van der Waals surface area contributed by atoms with Crippen LogP contribution in [0.15, 0.2) is 85.2 Å². The number of likely N-dealkylation sites (tertiary alicyclic amines) is 1. The third-order valence-corrected chi connectivity index (χ3v) is 7.57. The largest absolute Gasteiger partial charge is 0.436 e. The van der Waals surface area contributed by atoms with E-state index in [0.717, 1.165) is 16.8 Å². The highest BCUT2D eigenvalue weighted by Gasteiger charge is 2.49. The molecule has 2 atom stereocenters. The molecule has 11 heteroatoms. The van der Waals surface area contributed by atoms with Gasteiger partial charge in [-0.2, -0.15) is 0 Å². The van der Waals surface area contributed by atoms with Crippen LogP contribution >= 0.6 is 11.6 Å². The van der Waals surface area contributed by atoms with Crippen LogP contribution in [0, 0.1) is 0 Å². The SMILES string of the molecule is O=C1Nc2ccc(Cl)cc2C2(CCN(C(=O)[C@H](Cc3ccccc3)NC(=O)c3ccc(Nc4ncc[nH]4)cc3)C2)O1. The minimum Gasteiger partial charge on any atom is -0.436 e. The summed E-state index contributed by atoms with van der Waals surface area (Å²) < 4.78 is 5.79. The molecule has 0 aliphatic carbocycles. The summed E-state index contributed by atoms with van der Waals surface area (Å²) in [5, 5.41) is 9.27. The van der Waals surface area contributed by atoms with Gasteiger partial charge in [-0.05, 0) is 48.0 Å². The van der Waals surface area contributed by atoms with E-state index in [0.29, 0.717) is 41.6 Å². The first-order valence-corrected chi connectivity index (χ1v) is 13.6. The van der Waals surface area contributed by atoms with Crippen LogP contribution in [-0.2, 0) is 21.6 Å². The summed E-state index contributed by atoms with van der Waals surface area (Å²) in [6.07, 6.45) is 3.48. The second kappa shape index (κ2) is 11.0. The van der Waals surface area contributed by atoms with Crippen LogP contribution in [0.1, 0.15) is 27.9 Å². The van der Waals surface area contributed by atoms with E-state index in [1.54, 1.807) is 59.8 Å². The molecule has 4 aromatic rings. The first-order valence-electron chi connectivity index (χ1n) is 13.2. The number of fused-ring (bicyclic) bond motifs is 2. The number of carbonyl (C=O) groups is 3. The Morgan fingerprint density at radius 2 is 1.90 bits per heavy atom. The van der Waals surface area contributed by atoms with Crippen LogP contribution in [0.2, 0.25) is 5.02 Å². The molecule has 3 amide bonds. The number of H-pyrrole nitrogens is 1.